The van der Waals surface area contributed by atoms with Gasteiger partial charge in [-0.1, -0.05) is 25.1 Å². The molecule has 1 aliphatic rings. The van der Waals surface area contributed by atoms with E-state index in [-0.39, 0.29) is 5.91 Å². The molecule has 19 heavy (non-hydrogen) atoms. The van der Waals surface area contributed by atoms with E-state index >= 15 is 0 Å². The van der Waals surface area contributed by atoms with Crippen LogP contribution in [0.2, 0.25) is 0 Å². The maximum absolute atomic E-state index is 11.8. The first kappa shape index (κ1) is 14.0. The molecule has 0 spiro atoms. The number of nitrogens with one attached hydrogen (secondary N) is 2. The molecule has 2 unspecified atom stereocenters. The number of anilines is 1. The van der Waals surface area contributed by atoms with Gasteiger partial charge in [0, 0.05) is 18.3 Å². The Balaban J connectivity index is 1.74. The van der Waals surface area contributed by atoms with Gasteiger partial charge in [-0.05, 0) is 38.1 Å². The minimum absolute atomic E-state index is 0.0253. The second kappa shape index (κ2) is 6.68. The molecule has 2 atom stereocenters. The van der Waals surface area contributed by atoms with Crippen molar-refractivity contribution in [3.8, 4) is 0 Å². The molecule has 1 saturated heterocycles. The number of nitrogens with zero attached hydrogens (tertiary/aromatic N) is 1. The second-order valence-electron chi connectivity index (χ2n) is 5.43. The number of likely N-dealkylation sites (tertiary alicyclic amines) is 1. The highest BCUT2D eigenvalue weighted by Crippen LogP contribution is 2.15. The lowest BCUT2D eigenvalue weighted by Crippen LogP contribution is -2.48. The van der Waals surface area contributed by atoms with Gasteiger partial charge < -0.3 is 15.5 Å². The molecule has 0 saturated carbocycles. The molecule has 4 heteroatoms. The second-order valence-corrected chi connectivity index (χ2v) is 5.43. The minimum Gasteiger partial charge on any atom is -0.325 e. The molecule has 0 radical (unpaired) electrons. The summed E-state index contributed by atoms with van der Waals surface area (Å²) in [6, 6.07) is 10.0. The highest BCUT2D eigenvalue weighted by atomic mass is 16.1. The summed E-state index contributed by atoms with van der Waals surface area (Å²) < 4.78 is 0. The quantitative estimate of drug-likeness (QED) is 0.864. The molecule has 1 aromatic carbocycles. The van der Waals surface area contributed by atoms with Gasteiger partial charge in [-0.15, -0.1) is 0 Å². The van der Waals surface area contributed by atoms with Crippen molar-refractivity contribution in [2.75, 3.05) is 32.0 Å². The smallest absolute Gasteiger partial charge is 0.238 e. The van der Waals surface area contributed by atoms with E-state index in [1.54, 1.807) is 0 Å². The van der Waals surface area contributed by atoms with Gasteiger partial charge in [-0.3, -0.25) is 4.79 Å². The summed E-state index contributed by atoms with van der Waals surface area (Å²) in [5.74, 6) is 0.612. The van der Waals surface area contributed by atoms with E-state index in [4.69, 9.17) is 0 Å². The van der Waals surface area contributed by atoms with E-state index in [1.165, 1.54) is 0 Å². The standard InChI is InChI=1S/C15H23N3O/c1-12-11-18(2)9-8-14(12)16-10-15(19)17-13-6-4-3-5-7-13/h3-7,12,14,16H,8-11H2,1-2H3,(H,17,19). The van der Waals surface area contributed by atoms with Gasteiger partial charge in [0.05, 0.1) is 6.54 Å². The number of amides is 1. The molecule has 2 rings (SSSR count). The van der Waals surface area contributed by atoms with Gasteiger partial charge in [-0.2, -0.15) is 0 Å². The predicted molar refractivity (Wildman–Crippen MR) is 78.1 cm³/mol. The minimum atomic E-state index is 0.0253. The van der Waals surface area contributed by atoms with Crippen molar-refractivity contribution in [3.05, 3.63) is 30.3 Å². The van der Waals surface area contributed by atoms with Gasteiger partial charge in [0.15, 0.2) is 0 Å². The number of carbonyl (C=O) groups excluding carboxylic acids is 1. The fourth-order valence-corrected chi connectivity index (χ4v) is 2.61. The van der Waals surface area contributed by atoms with Gasteiger partial charge in [0.1, 0.15) is 0 Å². The molecule has 1 fully saturated rings. The maximum Gasteiger partial charge on any atom is 0.238 e. The van der Waals surface area contributed by atoms with Crippen LogP contribution in [0.1, 0.15) is 13.3 Å². The Hall–Kier alpha value is -1.39. The molecule has 0 bridgehead atoms. The van der Waals surface area contributed by atoms with Crippen LogP contribution in [-0.4, -0.2) is 43.5 Å². The van der Waals surface area contributed by atoms with Crippen molar-refractivity contribution in [2.45, 2.75) is 19.4 Å². The van der Waals surface area contributed by atoms with E-state index in [9.17, 15) is 4.79 Å². The van der Waals surface area contributed by atoms with E-state index in [1.807, 2.05) is 30.3 Å². The molecule has 2 N–H and O–H groups in total. The van der Waals surface area contributed by atoms with Crippen LogP contribution >= 0.6 is 0 Å². The lowest BCUT2D eigenvalue weighted by atomic mass is 9.94. The topological polar surface area (TPSA) is 44.4 Å². The summed E-state index contributed by atoms with van der Waals surface area (Å²) in [7, 11) is 2.15. The fourth-order valence-electron chi connectivity index (χ4n) is 2.61. The summed E-state index contributed by atoms with van der Waals surface area (Å²) >= 11 is 0. The summed E-state index contributed by atoms with van der Waals surface area (Å²) in [6.07, 6.45) is 1.11. The van der Waals surface area contributed by atoms with Gasteiger partial charge in [-0.25, -0.2) is 0 Å². The van der Waals surface area contributed by atoms with Crippen LogP contribution in [-0.2, 0) is 4.79 Å². The number of piperidine rings is 1. The molecule has 104 valence electrons. The number of para-hydroxylation sites is 1. The Morgan fingerprint density at radius 1 is 1.37 bits per heavy atom. The molecule has 1 heterocycles. The van der Waals surface area contributed by atoms with Crippen LogP contribution < -0.4 is 10.6 Å². The molecular weight excluding hydrogens is 238 g/mol. The van der Waals surface area contributed by atoms with E-state index in [2.05, 4.69) is 29.5 Å². The molecule has 1 amide bonds. The van der Waals surface area contributed by atoms with E-state index < -0.39 is 0 Å². The number of rotatable bonds is 4. The van der Waals surface area contributed by atoms with Crippen LogP contribution in [0.3, 0.4) is 0 Å². The van der Waals surface area contributed by atoms with Gasteiger partial charge in [0.25, 0.3) is 0 Å². The molecule has 1 aliphatic heterocycles. The zero-order valence-corrected chi connectivity index (χ0v) is 11.7. The number of hydrogen-bond donors (Lipinski definition) is 2. The van der Waals surface area contributed by atoms with Crippen LogP contribution in [0.5, 0.6) is 0 Å². The van der Waals surface area contributed by atoms with Crippen molar-refractivity contribution < 1.29 is 4.79 Å². The van der Waals surface area contributed by atoms with Crippen LogP contribution in [0.25, 0.3) is 0 Å². The average molecular weight is 261 g/mol. The predicted octanol–water partition coefficient (Wildman–Crippen LogP) is 1.55. The van der Waals surface area contributed by atoms with E-state index in [0.717, 1.165) is 25.2 Å². The van der Waals surface area contributed by atoms with Crippen LogP contribution in [0, 0.1) is 5.92 Å². The molecular formula is C15H23N3O. The summed E-state index contributed by atoms with van der Waals surface area (Å²) in [4.78, 5) is 14.2. The molecule has 4 nitrogen and oxygen atoms in total. The van der Waals surface area contributed by atoms with Crippen molar-refractivity contribution in [3.63, 3.8) is 0 Å². The first-order valence-corrected chi connectivity index (χ1v) is 6.92. The lowest BCUT2D eigenvalue weighted by Gasteiger charge is -2.35. The van der Waals surface area contributed by atoms with Crippen molar-refractivity contribution >= 4 is 11.6 Å². The zero-order valence-electron chi connectivity index (χ0n) is 11.7. The first-order chi connectivity index (χ1) is 9.15. The summed E-state index contributed by atoms with van der Waals surface area (Å²) in [6.45, 7) is 4.82. The van der Waals surface area contributed by atoms with Crippen LogP contribution in [0.15, 0.2) is 30.3 Å². The third-order valence-corrected chi connectivity index (χ3v) is 3.69. The Kier molecular flexibility index (Phi) is 4.93. The summed E-state index contributed by atoms with van der Waals surface area (Å²) in [5.41, 5.74) is 0.853. The van der Waals surface area contributed by atoms with Gasteiger partial charge in [0.2, 0.25) is 5.91 Å². The molecule has 1 aromatic rings. The lowest BCUT2D eigenvalue weighted by molar-refractivity contribution is -0.115. The Morgan fingerprint density at radius 2 is 2.11 bits per heavy atom. The Bertz CT molecular complexity index is 407. The average Bonchev–Trinajstić information content (AvgIpc) is 2.39. The highest BCUT2D eigenvalue weighted by molar-refractivity contribution is 5.92. The fraction of sp³-hybridized carbons (Fsp3) is 0.533. The largest absolute Gasteiger partial charge is 0.325 e. The normalized spacial score (nSPS) is 24.1. The number of hydrogen-bond acceptors (Lipinski definition) is 3. The van der Waals surface area contributed by atoms with Gasteiger partial charge >= 0.3 is 0 Å². The number of benzene rings is 1. The Morgan fingerprint density at radius 3 is 2.79 bits per heavy atom. The molecule has 0 aliphatic carbocycles. The molecule has 0 aromatic heterocycles. The zero-order chi connectivity index (χ0) is 13.7. The van der Waals surface area contributed by atoms with Crippen molar-refractivity contribution in [2.24, 2.45) is 5.92 Å². The maximum atomic E-state index is 11.8. The SMILES string of the molecule is CC1CN(C)CCC1NCC(=O)Nc1ccccc1. The summed E-state index contributed by atoms with van der Waals surface area (Å²) in [5, 5.41) is 6.27. The van der Waals surface area contributed by atoms with Crippen LogP contribution in [0.4, 0.5) is 5.69 Å². The monoisotopic (exact) mass is 261 g/mol. The Labute approximate surface area is 115 Å². The third-order valence-electron chi connectivity index (χ3n) is 3.69. The highest BCUT2D eigenvalue weighted by Gasteiger charge is 2.23. The first-order valence-electron chi connectivity index (χ1n) is 6.92. The third kappa shape index (κ3) is 4.33. The van der Waals surface area contributed by atoms with Crippen molar-refractivity contribution in [1.29, 1.82) is 0 Å². The van der Waals surface area contributed by atoms with Crippen molar-refractivity contribution in [1.82, 2.24) is 10.2 Å². The van der Waals surface area contributed by atoms with E-state index in [0.29, 0.717) is 18.5 Å². The number of carbonyl (C=O) groups is 1.